The molecule has 1 heterocycles. The molecule has 0 amide bonds. The maximum absolute atomic E-state index is 12.3. The first-order valence-electron chi connectivity index (χ1n) is 5.18. The Morgan fingerprint density at radius 2 is 1.95 bits per heavy atom. The van der Waals surface area contributed by atoms with Crippen molar-refractivity contribution >= 4 is 64.9 Å². The van der Waals surface area contributed by atoms with Gasteiger partial charge in [0.2, 0.25) is 0 Å². The van der Waals surface area contributed by atoms with Crippen LogP contribution >= 0.6 is 43.5 Å². The summed E-state index contributed by atoms with van der Waals surface area (Å²) >= 11 is 12.2. The SMILES string of the molecule is Nc1cc(Cl)cc(S(=O)(=O)Nc2ccc(Br)nc2)c1Br. The molecule has 2 aromatic rings. The molecule has 0 aliphatic carbocycles. The summed E-state index contributed by atoms with van der Waals surface area (Å²) in [5, 5.41) is 0.236. The summed E-state index contributed by atoms with van der Waals surface area (Å²) < 4.78 is 27.9. The maximum Gasteiger partial charge on any atom is 0.263 e. The molecule has 5 nitrogen and oxygen atoms in total. The number of anilines is 2. The van der Waals surface area contributed by atoms with Gasteiger partial charge in [-0.3, -0.25) is 4.72 Å². The molecule has 0 atom stereocenters. The number of nitrogen functional groups attached to an aromatic ring is 1. The predicted molar refractivity (Wildman–Crippen MR) is 86.3 cm³/mol. The molecule has 3 N–H and O–H groups in total. The van der Waals surface area contributed by atoms with E-state index in [0.29, 0.717) is 10.3 Å². The lowest BCUT2D eigenvalue weighted by atomic mass is 10.3. The van der Waals surface area contributed by atoms with Crippen LogP contribution in [0.2, 0.25) is 5.02 Å². The Balaban J connectivity index is 2.43. The van der Waals surface area contributed by atoms with Crippen molar-refractivity contribution in [3.05, 3.63) is 44.6 Å². The first-order valence-corrected chi connectivity index (χ1v) is 8.63. The van der Waals surface area contributed by atoms with Crippen LogP contribution in [-0.4, -0.2) is 13.4 Å². The number of benzene rings is 1. The van der Waals surface area contributed by atoms with Crippen LogP contribution in [0.5, 0.6) is 0 Å². The number of hydrogen-bond donors (Lipinski definition) is 2. The highest BCUT2D eigenvalue weighted by atomic mass is 79.9. The minimum Gasteiger partial charge on any atom is -0.398 e. The Morgan fingerprint density at radius 3 is 2.55 bits per heavy atom. The van der Waals surface area contributed by atoms with E-state index in [2.05, 4.69) is 41.6 Å². The third-order valence-electron chi connectivity index (χ3n) is 2.30. The largest absolute Gasteiger partial charge is 0.398 e. The lowest BCUT2D eigenvalue weighted by molar-refractivity contribution is 0.601. The summed E-state index contributed by atoms with van der Waals surface area (Å²) in [5.74, 6) is 0. The molecule has 0 radical (unpaired) electrons. The number of nitrogens with two attached hydrogens (primary N) is 1. The van der Waals surface area contributed by atoms with Crippen LogP contribution in [0.25, 0.3) is 0 Å². The molecule has 20 heavy (non-hydrogen) atoms. The van der Waals surface area contributed by atoms with Crippen molar-refractivity contribution < 1.29 is 8.42 Å². The summed E-state index contributed by atoms with van der Waals surface area (Å²) in [7, 11) is -3.82. The molecule has 0 aliphatic rings. The second kappa shape index (κ2) is 5.88. The van der Waals surface area contributed by atoms with Gasteiger partial charge in [-0.15, -0.1) is 0 Å². The Hall–Kier alpha value is -0.830. The summed E-state index contributed by atoms with van der Waals surface area (Å²) in [6.07, 6.45) is 1.39. The van der Waals surface area contributed by atoms with Crippen LogP contribution in [0, 0.1) is 0 Å². The standard InChI is InChI=1S/C11H8Br2ClN3O2S/c12-10-2-1-7(5-16-10)17-20(18,19)9-4-6(14)3-8(15)11(9)13/h1-5,17H,15H2. The zero-order valence-corrected chi connectivity index (χ0v) is 14.5. The number of sulfonamides is 1. The van der Waals surface area contributed by atoms with Crippen molar-refractivity contribution in [1.29, 1.82) is 0 Å². The second-order valence-corrected chi connectivity index (χ2v) is 7.47. The summed E-state index contributed by atoms with van der Waals surface area (Å²) in [4.78, 5) is 3.91. The summed E-state index contributed by atoms with van der Waals surface area (Å²) in [6, 6.07) is 5.98. The van der Waals surface area contributed by atoms with Gasteiger partial charge in [-0.1, -0.05) is 11.6 Å². The second-order valence-electron chi connectivity index (χ2n) is 3.78. The fourth-order valence-corrected chi connectivity index (χ4v) is 4.00. The highest BCUT2D eigenvalue weighted by Gasteiger charge is 2.20. The Morgan fingerprint density at radius 1 is 1.25 bits per heavy atom. The van der Waals surface area contributed by atoms with Gasteiger partial charge < -0.3 is 5.73 Å². The Bertz CT molecular complexity index is 751. The van der Waals surface area contributed by atoms with Gasteiger partial charge in [0.25, 0.3) is 10.0 Å². The third-order valence-corrected chi connectivity index (χ3v) is 5.54. The first kappa shape index (κ1) is 15.6. The van der Waals surface area contributed by atoms with Crippen molar-refractivity contribution in [3.8, 4) is 0 Å². The van der Waals surface area contributed by atoms with E-state index in [1.54, 1.807) is 12.1 Å². The van der Waals surface area contributed by atoms with Gasteiger partial charge in [-0.05, 0) is 56.1 Å². The fourth-order valence-electron chi connectivity index (χ4n) is 1.43. The molecule has 0 saturated heterocycles. The van der Waals surface area contributed by atoms with E-state index in [0.717, 1.165) is 0 Å². The normalized spacial score (nSPS) is 11.3. The van der Waals surface area contributed by atoms with Gasteiger partial charge in [0.1, 0.15) is 9.50 Å². The topological polar surface area (TPSA) is 85.1 Å². The number of nitrogens with zero attached hydrogens (tertiary/aromatic N) is 1. The van der Waals surface area contributed by atoms with Gasteiger partial charge in [0, 0.05) is 10.7 Å². The molecule has 0 unspecified atom stereocenters. The van der Waals surface area contributed by atoms with Gasteiger partial charge in [0.05, 0.1) is 16.4 Å². The predicted octanol–water partition coefficient (Wildman–Crippen LogP) is 3.64. The maximum atomic E-state index is 12.3. The third kappa shape index (κ3) is 3.43. The lowest BCUT2D eigenvalue weighted by Crippen LogP contribution is -2.14. The molecule has 0 bridgehead atoms. The number of aromatic nitrogens is 1. The van der Waals surface area contributed by atoms with Crippen LogP contribution in [-0.2, 0) is 10.0 Å². The van der Waals surface area contributed by atoms with E-state index in [-0.39, 0.29) is 20.1 Å². The molecular formula is C11H8Br2ClN3O2S. The monoisotopic (exact) mass is 439 g/mol. The van der Waals surface area contributed by atoms with E-state index >= 15 is 0 Å². The van der Waals surface area contributed by atoms with Gasteiger partial charge >= 0.3 is 0 Å². The highest BCUT2D eigenvalue weighted by molar-refractivity contribution is 9.10. The van der Waals surface area contributed by atoms with E-state index in [1.807, 2.05) is 0 Å². The minimum absolute atomic E-state index is 0.0366. The van der Waals surface area contributed by atoms with Crippen molar-refractivity contribution in [2.75, 3.05) is 10.5 Å². The van der Waals surface area contributed by atoms with Crippen LogP contribution in [0.4, 0.5) is 11.4 Å². The zero-order chi connectivity index (χ0) is 14.9. The first-order chi connectivity index (χ1) is 9.29. The van der Waals surface area contributed by atoms with E-state index in [1.165, 1.54) is 18.3 Å². The van der Waals surface area contributed by atoms with Gasteiger partial charge in [0.15, 0.2) is 0 Å². The number of hydrogen-bond acceptors (Lipinski definition) is 4. The van der Waals surface area contributed by atoms with Crippen molar-refractivity contribution in [2.45, 2.75) is 4.90 Å². The number of halogens is 3. The van der Waals surface area contributed by atoms with Crippen LogP contribution in [0.1, 0.15) is 0 Å². The molecule has 0 spiro atoms. The molecule has 0 saturated carbocycles. The minimum atomic E-state index is -3.82. The molecule has 1 aromatic carbocycles. The van der Waals surface area contributed by atoms with E-state index in [9.17, 15) is 8.42 Å². The number of pyridine rings is 1. The van der Waals surface area contributed by atoms with Gasteiger partial charge in [-0.25, -0.2) is 13.4 Å². The molecule has 0 fully saturated rings. The molecule has 1 aromatic heterocycles. The van der Waals surface area contributed by atoms with Crippen LogP contribution < -0.4 is 10.5 Å². The average molecular weight is 442 g/mol. The fraction of sp³-hybridized carbons (Fsp3) is 0. The summed E-state index contributed by atoms with van der Waals surface area (Å²) in [6.45, 7) is 0. The molecule has 0 aliphatic heterocycles. The zero-order valence-electron chi connectivity index (χ0n) is 9.77. The molecular weight excluding hydrogens is 433 g/mol. The van der Waals surface area contributed by atoms with Crippen LogP contribution in [0.3, 0.4) is 0 Å². The molecule has 2 rings (SSSR count). The lowest BCUT2D eigenvalue weighted by Gasteiger charge is -2.11. The Kier molecular flexibility index (Phi) is 4.58. The average Bonchev–Trinajstić information content (AvgIpc) is 2.36. The quantitative estimate of drug-likeness (QED) is 0.563. The summed E-state index contributed by atoms with van der Waals surface area (Å²) in [5.41, 5.74) is 6.26. The van der Waals surface area contributed by atoms with Crippen LogP contribution in [0.15, 0.2) is 44.4 Å². The van der Waals surface area contributed by atoms with Crippen molar-refractivity contribution in [2.24, 2.45) is 0 Å². The van der Waals surface area contributed by atoms with E-state index < -0.39 is 10.0 Å². The number of nitrogens with one attached hydrogen (secondary N) is 1. The molecule has 106 valence electrons. The smallest absolute Gasteiger partial charge is 0.263 e. The number of rotatable bonds is 3. The highest BCUT2D eigenvalue weighted by Crippen LogP contribution is 2.32. The van der Waals surface area contributed by atoms with E-state index in [4.69, 9.17) is 17.3 Å². The molecule has 9 heteroatoms. The van der Waals surface area contributed by atoms with Crippen molar-refractivity contribution in [3.63, 3.8) is 0 Å². The Labute approximate surface area is 137 Å². The van der Waals surface area contributed by atoms with Crippen molar-refractivity contribution in [1.82, 2.24) is 4.98 Å². The van der Waals surface area contributed by atoms with Gasteiger partial charge in [-0.2, -0.15) is 0 Å².